The van der Waals surface area contributed by atoms with E-state index >= 15 is 0 Å². The Bertz CT molecular complexity index is 507. The number of nitrogens with zero attached hydrogens (tertiary/aromatic N) is 1. The minimum absolute atomic E-state index is 0.0964. The number of hydrogen-bond acceptors (Lipinski definition) is 6. The number of amides is 1. The fourth-order valence-electron chi connectivity index (χ4n) is 2.98. The third-order valence-corrected chi connectivity index (χ3v) is 4.36. The number of aliphatic hydroxyl groups excluding tert-OH is 1. The van der Waals surface area contributed by atoms with Crippen molar-refractivity contribution in [3.63, 3.8) is 0 Å². The van der Waals surface area contributed by atoms with Crippen LogP contribution in [0, 0.1) is 0 Å². The Morgan fingerprint density at radius 1 is 1.30 bits per heavy atom. The zero-order chi connectivity index (χ0) is 16.1. The second-order valence-corrected chi connectivity index (χ2v) is 5.97. The summed E-state index contributed by atoms with van der Waals surface area (Å²) in [6, 6.07) is 3.56. The molecule has 0 aromatic carbocycles. The summed E-state index contributed by atoms with van der Waals surface area (Å²) < 4.78 is 11.0. The van der Waals surface area contributed by atoms with Crippen LogP contribution in [-0.2, 0) is 9.47 Å². The van der Waals surface area contributed by atoms with Crippen molar-refractivity contribution in [2.75, 3.05) is 26.4 Å². The van der Waals surface area contributed by atoms with Crippen molar-refractivity contribution in [2.45, 2.75) is 37.1 Å². The molecule has 2 aliphatic heterocycles. The largest absolute Gasteiger partial charge is 0.389 e. The molecule has 2 saturated heterocycles. The van der Waals surface area contributed by atoms with E-state index in [1.54, 1.807) is 24.5 Å². The second-order valence-electron chi connectivity index (χ2n) is 5.97. The fraction of sp³-hybridized carbons (Fsp3) is 0.625. The van der Waals surface area contributed by atoms with Crippen molar-refractivity contribution >= 4 is 5.91 Å². The lowest BCUT2D eigenvalue weighted by molar-refractivity contribution is 0.0376. The van der Waals surface area contributed by atoms with E-state index in [1.165, 1.54) is 0 Å². The van der Waals surface area contributed by atoms with Gasteiger partial charge in [-0.15, -0.1) is 0 Å². The average Bonchev–Trinajstić information content (AvgIpc) is 2.94. The predicted molar refractivity (Wildman–Crippen MR) is 83.1 cm³/mol. The molecule has 23 heavy (non-hydrogen) atoms. The summed E-state index contributed by atoms with van der Waals surface area (Å²) in [7, 11) is 0. The van der Waals surface area contributed by atoms with Gasteiger partial charge in [-0.3, -0.25) is 9.78 Å². The lowest BCUT2D eigenvalue weighted by Gasteiger charge is -2.27. The highest BCUT2D eigenvalue weighted by Crippen LogP contribution is 2.17. The van der Waals surface area contributed by atoms with Gasteiger partial charge in [-0.25, -0.2) is 0 Å². The van der Waals surface area contributed by atoms with Crippen LogP contribution in [0.3, 0.4) is 0 Å². The molecule has 0 spiro atoms. The van der Waals surface area contributed by atoms with E-state index in [0.717, 1.165) is 26.1 Å². The van der Waals surface area contributed by atoms with E-state index in [9.17, 15) is 9.90 Å². The van der Waals surface area contributed by atoms with Crippen LogP contribution in [0.2, 0.25) is 0 Å². The quantitative estimate of drug-likeness (QED) is 0.690. The minimum Gasteiger partial charge on any atom is -0.389 e. The molecule has 7 heteroatoms. The van der Waals surface area contributed by atoms with Crippen molar-refractivity contribution in [1.29, 1.82) is 0 Å². The molecule has 3 atom stereocenters. The van der Waals surface area contributed by atoms with Gasteiger partial charge in [-0.1, -0.05) is 0 Å². The SMILES string of the molecule is O=C(NCC1OCC(NC2CCOCC2)C1O)c1ccncc1. The Hall–Kier alpha value is -1.54. The smallest absolute Gasteiger partial charge is 0.251 e. The molecule has 2 aliphatic rings. The first-order valence-electron chi connectivity index (χ1n) is 8.06. The van der Waals surface area contributed by atoms with Crippen LogP contribution in [0.15, 0.2) is 24.5 Å². The van der Waals surface area contributed by atoms with Gasteiger partial charge >= 0.3 is 0 Å². The van der Waals surface area contributed by atoms with Gasteiger partial charge in [-0.2, -0.15) is 0 Å². The molecule has 0 aliphatic carbocycles. The molecule has 3 N–H and O–H groups in total. The summed E-state index contributed by atoms with van der Waals surface area (Å²) in [6.45, 7) is 2.25. The van der Waals surface area contributed by atoms with Crippen molar-refractivity contribution in [3.8, 4) is 0 Å². The number of nitrogens with one attached hydrogen (secondary N) is 2. The van der Waals surface area contributed by atoms with E-state index in [2.05, 4.69) is 15.6 Å². The van der Waals surface area contributed by atoms with Crippen molar-refractivity contribution in [3.05, 3.63) is 30.1 Å². The van der Waals surface area contributed by atoms with E-state index in [1.807, 2.05) is 0 Å². The first kappa shape index (κ1) is 16.3. The number of rotatable bonds is 5. The maximum atomic E-state index is 12.0. The van der Waals surface area contributed by atoms with Gasteiger partial charge in [-0.05, 0) is 25.0 Å². The number of aromatic nitrogens is 1. The van der Waals surface area contributed by atoms with E-state index in [0.29, 0.717) is 18.2 Å². The number of carbonyl (C=O) groups excluding carboxylic acids is 1. The number of pyridine rings is 1. The molecule has 3 rings (SSSR count). The summed E-state index contributed by atoms with van der Waals surface area (Å²) >= 11 is 0. The van der Waals surface area contributed by atoms with Gasteiger partial charge in [0.05, 0.1) is 18.8 Å². The van der Waals surface area contributed by atoms with Crippen LogP contribution in [0.5, 0.6) is 0 Å². The van der Waals surface area contributed by atoms with Gasteiger partial charge in [0.15, 0.2) is 0 Å². The number of aliphatic hydroxyl groups is 1. The zero-order valence-electron chi connectivity index (χ0n) is 13.0. The van der Waals surface area contributed by atoms with Crippen LogP contribution >= 0.6 is 0 Å². The second kappa shape index (κ2) is 7.83. The summed E-state index contributed by atoms with van der Waals surface area (Å²) in [6.07, 6.45) is 4.03. The Kier molecular flexibility index (Phi) is 5.56. The molecule has 2 fully saturated rings. The molecule has 126 valence electrons. The molecule has 3 unspecified atom stereocenters. The van der Waals surface area contributed by atoms with Gasteiger partial charge in [0.1, 0.15) is 6.10 Å². The molecule has 1 amide bonds. The van der Waals surface area contributed by atoms with Crippen molar-refractivity contribution in [2.24, 2.45) is 0 Å². The Balaban J connectivity index is 1.45. The summed E-state index contributed by atoms with van der Waals surface area (Å²) in [4.78, 5) is 15.9. The number of hydrogen-bond donors (Lipinski definition) is 3. The summed E-state index contributed by atoms with van der Waals surface area (Å²) in [5, 5.41) is 16.6. The highest BCUT2D eigenvalue weighted by Gasteiger charge is 2.37. The van der Waals surface area contributed by atoms with Crippen LogP contribution < -0.4 is 10.6 Å². The first-order chi connectivity index (χ1) is 11.2. The van der Waals surface area contributed by atoms with Gasteiger partial charge in [0.25, 0.3) is 5.91 Å². The third-order valence-electron chi connectivity index (χ3n) is 4.36. The number of carbonyl (C=O) groups is 1. The normalized spacial score (nSPS) is 28.7. The summed E-state index contributed by atoms with van der Waals surface area (Å²) in [5.74, 6) is -0.191. The highest BCUT2D eigenvalue weighted by atomic mass is 16.5. The highest BCUT2D eigenvalue weighted by molar-refractivity contribution is 5.93. The maximum Gasteiger partial charge on any atom is 0.251 e. The van der Waals surface area contributed by atoms with Crippen LogP contribution in [0.4, 0.5) is 0 Å². The fourth-order valence-corrected chi connectivity index (χ4v) is 2.98. The standard InChI is InChI=1S/C16H23N3O4/c20-15-13(19-12-3-7-22-8-4-12)10-23-14(15)9-18-16(21)11-1-5-17-6-2-11/h1-2,5-6,12-15,19-20H,3-4,7-10H2,(H,18,21). The Morgan fingerprint density at radius 3 is 2.78 bits per heavy atom. The minimum atomic E-state index is -0.629. The Morgan fingerprint density at radius 2 is 2.04 bits per heavy atom. The molecule has 1 aromatic rings. The molecular weight excluding hydrogens is 298 g/mol. The van der Waals surface area contributed by atoms with Crippen molar-refractivity contribution in [1.82, 2.24) is 15.6 Å². The molecule has 7 nitrogen and oxygen atoms in total. The average molecular weight is 321 g/mol. The van der Waals surface area contributed by atoms with E-state index in [4.69, 9.17) is 9.47 Å². The maximum absolute atomic E-state index is 12.0. The number of ether oxygens (including phenoxy) is 2. The lowest BCUT2D eigenvalue weighted by atomic mass is 10.0. The van der Waals surface area contributed by atoms with Gasteiger partial charge < -0.3 is 25.2 Å². The third kappa shape index (κ3) is 4.26. The van der Waals surface area contributed by atoms with Gasteiger partial charge in [0, 0.05) is 43.8 Å². The van der Waals surface area contributed by atoms with Crippen LogP contribution in [-0.4, -0.2) is 66.7 Å². The molecule has 0 bridgehead atoms. The monoisotopic (exact) mass is 321 g/mol. The molecule has 0 radical (unpaired) electrons. The van der Waals surface area contributed by atoms with E-state index < -0.39 is 12.2 Å². The molecular formula is C16H23N3O4. The summed E-state index contributed by atoms with van der Waals surface area (Å²) in [5.41, 5.74) is 0.546. The molecule has 0 saturated carbocycles. The van der Waals surface area contributed by atoms with Crippen molar-refractivity contribution < 1.29 is 19.4 Å². The Labute approximate surface area is 135 Å². The van der Waals surface area contributed by atoms with E-state index in [-0.39, 0.29) is 18.5 Å². The molecule has 1 aromatic heterocycles. The molecule has 3 heterocycles. The van der Waals surface area contributed by atoms with Crippen LogP contribution in [0.25, 0.3) is 0 Å². The lowest BCUT2D eigenvalue weighted by Crippen LogP contribution is -2.49. The predicted octanol–water partition coefficient (Wildman–Crippen LogP) is -0.292. The topological polar surface area (TPSA) is 92.7 Å². The van der Waals surface area contributed by atoms with Gasteiger partial charge in [0.2, 0.25) is 0 Å². The first-order valence-corrected chi connectivity index (χ1v) is 8.06. The zero-order valence-corrected chi connectivity index (χ0v) is 13.0. The van der Waals surface area contributed by atoms with Crippen LogP contribution in [0.1, 0.15) is 23.2 Å².